The number of aromatic carboxylic acids is 1. The van der Waals surface area contributed by atoms with Crippen LogP contribution in [0.5, 0.6) is 11.5 Å². The highest BCUT2D eigenvalue weighted by Crippen LogP contribution is 2.20. The molecule has 1 fully saturated rings. The average molecular weight is 370 g/mol. The number of amides is 1. The summed E-state index contributed by atoms with van der Waals surface area (Å²) in [7, 11) is 1.58. The van der Waals surface area contributed by atoms with Gasteiger partial charge in [-0.05, 0) is 30.3 Å². The molecule has 1 saturated heterocycles. The molecule has 0 bridgehead atoms. The third kappa shape index (κ3) is 4.69. The first-order valence-electron chi connectivity index (χ1n) is 8.70. The van der Waals surface area contributed by atoms with Crippen molar-refractivity contribution < 1.29 is 24.2 Å². The molecule has 142 valence electrons. The van der Waals surface area contributed by atoms with Crippen LogP contribution in [0.15, 0.2) is 48.5 Å². The van der Waals surface area contributed by atoms with Crippen LogP contribution < -0.4 is 14.4 Å². The summed E-state index contributed by atoms with van der Waals surface area (Å²) in [6, 6.07) is 14.0. The number of ether oxygens (including phenoxy) is 2. The van der Waals surface area contributed by atoms with Gasteiger partial charge >= 0.3 is 5.97 Å². The number of rotatable bonds is 6. The van der Waals surface area contributed by atoms with Gasteiger partial charge in [-0.3, -0.25) is 4.79 Å². The smallest absolute Gasteiger partial charge is 0.335 e. The standard InChI is InChI=1S/C20H22N2O5/c1-26-17-6-3-7-18(13-17)27-14-19(23)22-10-8-21(9-11-22)16-5-2-4-15(12-16)20(24)25/h2-7,12-13H,8-11,14H2,1H3,(H,24,25). The Kier molecular flexibility index (Phi) is 5.80. The van der Waals surface area contributed by atoms with Gasteiger partial charge in [0.2, 0.25) is 0 Å². The Labute approximate surface area is 157 Å². The number of benzene rings is 2. The van der Waals surface area contributed by atoms with Crippen molar-refractivity contribution in [3.63, 3.8) is 0 Å². The molecule has 0 radical (unpaired) electrons. The quantitative estimate of drug-likeness (QED) is 0.839. The summed E-state index contributed by atoms with van der Waals surface area (Å²) in [4.78, 5) is 27.3. The van der Waals surface area contributed by atoms with E-state index in [1.54, 1.807) is 42.3 Å². The first kappa shape index (κ1) is 18.6. The second kappa shape index (κ2) is 8.44. The van der Waals surface area contributed by atoms with E-state index in [2.05, 4.69) is 4.90 Å². The molecule has 0 aromatic heterocycles. The average Bonchev–Trinajstić information content (AvgIpc) is 2.72. The lowest BCUT2D eigenvalue weighted by molar-refractivity contribution is -0.133. The van der Waals surface area contributed by atoms with Crippen LogP contribution in [0.4, 0.5) is 5.69 Å². The van der Waals surface area contributed by atoms with Crippen LogP contribution in [0.2, 0.25) is 0 Å². The van der Waals surface area contributed by atoms with Gasteiger partial charge in [0.1, 0.15) is 11.5 Å². The van der Waals surface area contributed by atoms with Crippen LogP contribution in [0.25, 0.3) is 0 Å². The number of anilines is 1. The second-order valence-corrected chi connectivity index (χ2v) is 6.19. The number of hydrogen-bond donors (Lipinski definition) is 1. The van der Waals surface area contributed by atoms with Crippen molar-refractivity contribution in [2.75, 3.05) is 44.8 Å². The number of piperazine rings is 1. The summed E-state index contributed by atoms with van der Waals surface area (Å²) < 4.78 is 10.7. The van der Waals surface area contributed by atoms with E-state index in [9.17, 15) is 9.59 Å². The molecule has 1 aliphatic rings. The molecule has 7 nitrogen and oxygen atoms in total. The number of carbonyl (C=O) groups is 2. The second-order valence-electron chi connectivity index (χ2n) is 6.19. The van der Waals surface area contributed by atoms with Gasteiger partial charge in [0.25, 0.3) is 5.91 Å². The maximum absolute atomic E-state index is 12.4. The molecule has 0 aliphatic carbocycles. The van der Waals surface area contributed by atoms with Crippen molar-refractivity contribution in [2.24, 2.45) is 0 Å². The molecule has 3 rings (SSSR count). The van der Waals surface area contributed by atoms with Crippen molar-refractivity contribution >= 4 is 17.6 Å². The van der Waals surface area contributed by atoms with E-state index >= 15 is 0 Å². The summed E-state index contributed by atoms with van der Waals surface area (Å²) >= 11 is 0. The maximum atomic E-state index is 12.4. The van der Waals surface area contributed by atoms with Crippen LogP contribution >= 0.6 is 0 Å². The molecule has 0 atom stereocenters. The SMILES string of the molecule is COc1cccc(OCC(=O)N2CCN(c3cccc(C(=O)O)c3)CC2)c1. The van der Waals surface area contributed by atoms with Crippen molar-refractivity contribution in [2.45, 2.75) is 0 Å². The van der Waals surface area contributed by atoms with Gasteiger partial charge in [0, 0.05) is 37.9 Å². The zero-order valence-electron chi connectivity index (χ0n) is 15.1. The Balaban J connectivity index is 1.51. The molecule has 27 heavy (non-hydrogen) atoms. The van der Waals surface area contributed by atoms with E-state index in [-0.39, 0.29) is 18.1 Å². The van der Waals surface area contributed by atoms with Gasteiger partial charge in [-0.2, -0.15) is 0 Å². The van der Waals surface area contributed by atoms with Gasteiger partial charge in [-0.25, -0.2) is 4.79 Å². The van der Waals surface area contributed by atoms with Crippen molar-refractivity contribution in [1.82, 2.24) is 4.90 Å². The normalized spacial score (nSPS) is 14.0. The summed E-state index contributed by atoms with van der Waals surface area (Å²) in [5, 5.41) is 9.12. The summed E-state index contributed by atoms with van der Waals surface area (Å²) in [6.45, 7) is 2.40. The maximum Gasteiger partial charge on any atom is 0.335 e. The highest BCUT2D eigenvalue weighted by molar-refractivity contribution is 5.88. The van der Waals surface area contributed by atoms with Crippen molar-refractivity contribution in [3.8, 4) is 11.5 Å². The monoisotopic (exact) mass is 370 g/mol. The Hall–Kier alpha value is -3.22. The van der Waals surface area contributed by atoms with E-state index in [0.717, 1.165) is 5.69 Å². The molecule has 1 aliphatic heterocycles. The van der Waals surface area contributed by atoms with E-state index in [1.807, 2.05) is 18.2 Å². The molecule has 0 unspecified atom stereocenters. The van der Waals surface area contributed by atoms with Gasteiger partial charge in [-0.15, -0.1) is 0 Å². The molecule has 2 aromatic carbocycles. The van der Waals surface area contributed by atoms with E-state index in [1.165, 1.54) is 0 Å². The zero-order valence-corrected chi connectivity index (χ0v) is 15.1. The molecular weight excluding hydrogens is 348 g/mol. The molecule has 7 heteroatoms. The topological polar surface area (TPSA) is 79.3 Å². The molecule has 1 amide bonds. The van der Waals surface area contributed by atoms with E-state index in [0.29, 0.717) is 37.7 Å². The number of carboxylic acids is 1. The highest BCUT2D eigenvalue weighted by atomic mass is 16.5. The highest BCUT2D eigenvalue weighted by Gasteiger charge is 2.22. The summed E-state index contributed by atoms with van der Waals surface area (Å²) in [5.41, 5.74) is 1.12. The van der Waals surface area contributed by atoms with E-state index in [4.69, 9.17) is 14.6 Å². The van der Waals surface area contributed by atoms with Gasteiger partial charge in [0.15, 0.2) is 6.61 Å². The number of carbonyl (C=O) groups excluding carboxylic acids is 1. The third-order valence-electron chi connectivity index (χ3n) is 4.49. The van der Waals surface area contributed by atoms with Crippen molar-refractivity contribution in [3.05, 3.63) is 54.1 Å². The fourth-order valence-electron chi connectivity index (χ4n) is 2.98. The molecule has 2 aromatic rings. The van der Waals surface area contributed by atoms with Crippen LogP contribution in [-0.2, 0) is 4.79 Å². The van der Waals surface area contributed by atoms with Gasteiger partial charge < -0.3 is 24.4 Å². The molecule has 0 spiro atoms. The number of hydrogen-bond acceptors (Lipinski definition) is 5. The van der Waals surface area contributed by atoms with Crippen LogP contribution in [0.1, 0.15) is 10.4 Å². The molecule has 0 saturated carbocycles. The Morgan fingerprint density at radius 3 is 2.41 bits per heavy atom. The Morgan fingerprint density at radius 1 is 1.00 bits per heavy atom. The predicted molar refractivity (Wildman–Crippen MR) is 101 cm³/mol. The summed E-state index contributed by atoms with van der Waals surface area (Å²) in [6.07, 6.45) is 0. The number of nitrogens with zero attached hydrogens (tertiary/aromatic N) is 2. The molecular formula is C20H22N2O5. The van der Waals surface area contributed by atoms with Gasteiger partial charge in [-0.1, -0.05) is 12.1 Å². The minimum Gasteiger partial charge on any atom is -0.497 e. The lowest BCUT2D eigenvalue weighted by Crippen LogP contribution is -2.50. The largest absolute Gasteiger partial charge is 0.497 e. The summed E-state index contributed by atoms with van der Waals surface area (Å²) in [5.74, 6) is 0.251. The fourth-order valence-corrected chi connectivity index (χ4v) is 2.98. The van der Waals surface area contributed by atoms with Crippen LogP contribution in [0.3, 0.4) is 0 Å². The van der Waals surface area contributed by atoms with Gasteiger partial charge in [0.05, 0.1) is 12.7 Å². The lowest BCUT2D eigenvalue weighted by Gasteiger charge is -2.36. The minimum atomic E-state index is -0.944. The van der Waals surface area contributed by atoms with Crippen LogP contribution in [0, 0.1) is 0 Å². The Morgan fingerprint density at radius 2 is 1.70 bits per heavy atom. The predicted octanol–water partition coefficient (Wildman–Crippen LogP) is 2.12. The fraction of sp³-hybridized carbons (Fsp3) is 0.300. The molecule has 1 heterocycles. The first-order valence-corrected chi connectivity index (χ1v) is 8.70. The number of carboxylic acid groups (broad SMARTS) is 1. The minimum absolute atomic E-state index is 0.0261. The zero-order chi connectivity index (χ0) is 19.2. The lowest BCUT2D eigenvalue weighted by atomic mass is 10.1. The Bertz CT molecular complexity index is 816. The first-order chi connectivity index (χ1) is 13.1. The third-order valence-corrected chi connectivity index (χ3v) is 4.49. The molecule has 1 N–H and O–H groups in total. The van der Waals surface area contributed by atoms with E-state index < -0.39 is 5.97 Å². The number of methoxy groups -OCH3 is 1. The van der Waals surface area contributed by atoms with Crippen LogP contribution in [-0.4, -0.2) is 61.8 Å². The van der Waals surface area contributed by atoms with Crippen molar-refractivity contribution in [1.29, 1.82) is 0 Å².